The van der Waals surface area contributed by atoms with Gasteiger partial charge in [-0.3, -0.25) is 19.9 Å². The predicted molar refractivity (Wildman–Crippen MR) is 143 cm³/mol. The molecule has 16 heteroatoms. The first kappa shape index (κ1) is 37.3. The summed E-state index contributed by atoms with van der Waals surface area (Å²) in [6, 6.07) is 5.75. The third-order valence-corrected chi connectivity index (χ3v) is 5.44. The molecule has 1 atom stereocenters. The number of pyridine rings is 2. The fourth-order valence-corrected chi connectivity index (χ4v) is 2.98. The number of amides is 1. The van der Waals surface area contributed by atoms with Gasteiger partial charge in [0.2, 0.25) is 0 Å². The van der Waals surface area contributed by atoms with E-state index in [2.05, 4.69) is 37.6 Å². The third-order valence-electron chi connectivity index (χ3n) is 5.44. The van der Waals surface area contributed by atoms with E-state index in [0.29, 0.717) is 19.4 Å². The molecule has 0 fully saturated rings. The molecule has 15 nitrogen and oxygen atoms in total. The van der Waals surface area contributed by atoms with E-state index in [-0.39, 0.29) is 31.5 Å². The Morgan fingerprint density at radius 1 is 1.12 bits per heavy atom. The van der Waals surface area contributed by atoms with Crippen LogP contribution in [0.5, 0.6) is 0 Å². The van der Waals surface area contributed by atoms with E-state index in [0.717, 1.165) is 11.3 Å². The molecule has 225 valence electrons. The van der Waals surface area contributed by atoms with E-state index in [1.807, 2.05) is 12.1 Å². The van der Waals surface area contributed by atoms with Gasteiger partial charge in [-0.15, -0.1) is 0 Å². The van der Waals surface area contributed by atoms with Gasteiger partial charge in [0.15, 0.2) is 0 Å². The molecule has 0 bridgehead atoms. The molecule has 0 saturated heterocycles. The Morgan fingerprint density at radius 2 is 1.80 bits per heavy atom. The number of hydrogen-bond acceptors (Lipinski definition) is 12. The van der Waals surface area contributed by atoms with E-state index in [4.69, 9.17) is 30.7 Å². The van der Waals surface area contributed by atoms with Gasteiger partial charge in [-0.1, -0.05) is 6.58 Å². The molecule has 41 heavy (non-hydrogen) atoms. The fourth-order valence-electron chi connectivity index (χ4n) is 2.98. The van der Waals surface area contributed by atoms with Gasteiger partial charge in [0.25, 0.3) is 5.91 Å². The molecule has 1 radical (unpaired) electrons. The van der Waals surface area contributed by atoms with Crippen molar-refractivity contribution in [2.75, 3.05) is 40.0 Å². The van der Waals surface area contributed by atoms with Crippen molar-refractivity contribution in [1.29, 1.82) is 0 Å². The molecule has 2 aromatic heterocycles. The third kappa shape index (κ3) is 13.5. The summed E-state index contributed by atoms with van der Waals surface area (Å²) in [7, 11) is 1.27. The first-order valence-electron chi connectivity index (χ1n) is 12.0. The maximum Gasteiger partial charge on any atom is 0.328 e. The van der Waals surface area contributed by atoms with E-state index in [1.54, 1.807) is 12.4 Å². The molecule has 2 aromatic rings. The Morgan fingerprint density at radius 3 is 2.29 bits per heavy atom. The Labute approximate surface area is 250 Å². The number of hydrogen-bond donors (Lipinski definition) is 7. The van der Waals surface area contributed by atoms with Crippen LogP contribution < -0.4 is 16.0 Å². The van der Waals surface area contributed by atoms with Crippen molar-refractivity contribution < 1.29 is 59.7 Å². The normalized spacial score (nSPS) is 11.0. The number of aliphatic hydroxyl groups is 3. The molecule has 1 unspecified atom stereocenters. The largest absolute Gasteiger partial charge is 0.705 e. The van der Waals surface area contributed by atoms with Crippen molar-refractivity contribution in [3.05, 3.63) is 66.1 Å². The number of aromatic nitrogens is 2. The average molecular weight is 659 g/mol. The van der Waals surface area contributed by atoms with Gasteiger partial charge in [0, 0.05) is 56.5 Å². The number of carbonyl (C=O) groups excluding carboxylic acids is 2. The van der Waals surface area contributed by atoms with Crippen molar-refractivity contribution in [1.82, 2.24) is 25.9 Å². The zero-order valence-corrected chi connectivity index (χ0v) is 24.2. The van der Waals surface area contributed by atoms with Crippen LogP contribution in [-0.2, 0) is 34.4 Å². The number of aliphatic carboxylic acids is 1. The number of rotatable bonds is 16. The summed E-state index contributed by atoms with van der Waals surface area (Å²) in [5, 5.41) is 45.5. The van der Waals surface area contributed by atoms with E-state index in [1.165, 1.54) is 25.4 Å². The summed E-state index contributed by atoms with van der Waals surface area (Å²) in [4.78, 5) is 42.2. The van der Waals surface area contributed by atoms with Gasteiger partial charge < -0.3 is 46.4 Å². The average Bonchev–Trinajstić information content (AvgIpc) is 2.99. The first-order chi connectivity index (χ1) is 19.1. The van der Waals surface area contributed by atoms with Crippen LogP contribution in [0.25, 0.3) is 11.2 Å². The standard InChI is InChI=1S/C19H21N6O3.C6H13NO5.Tc/c1-13(14-5-3-9-21-11-14)22-10-4-6-16(19(27)28-2)24-18(26)15-7-8-17(25-20)23-12-15;8-2-6(3-9,4-10)7-1-5(11)12;/h3,5,7-9,11-12,16,22H,1,4,6,10H2,2H3,(H,24,26);7-10H,1-4H2,(H,11,12);/q-1;;. The number of aliphatic hydroxyl groups excluding tert-OH is 3. The quantitative estimate of drug-likeness (QED) is 0.0706. The summed E-state index contributed by atoms with van der Waals surface area (Å²) in [5.41, 5.74) is 9.18. The van der Waals surface area contributed by atoms with Crippen molar-refractivity contribution in [3.63, 3.8) is 0 Å². The monoisotopic (exact) mass is 657 g/mol. The van der Waals surface area contributed by atoms with Crippen LogP contribution in [0.15, 0.2) is 54.5 Å². The van der Waals surface area contributed by atoms with Crippen molar-refractivity contribution >= 4 is 29.4 Å². The number of esters is 1. The summed E-state index contributed by atoms with van der Waals surface area (Å²) in [6.45, 7) is 2.53. The molecule has 0 aliphatic rings. The molecule has 0 spiro atoms. The van der Waals surface area contributed by atoms with Crippen LogP contribution in [0.3, 0.4) is 0 Å². The maximum atomic E-state index is 12.3. The summed E-state index contributed by atoms with van der Waals surface area (Å²) in [5.74, 6) is -2.04. The number of ether oxygens (including phenoxy) is 1. The predicted octanol–water partition coefficient (Wildman–Crippen LogP) is -0.184. The smallest absolute Gasteiger partial charge is 0.328 e. The Balaban J connectivity index is 0.00000104. The van der Waals surface area contributed by atoms with Crippen LogP contribution in [0.4, 0.5) is 5.82 Å². The molecule has 2 heterocycles. The summed E-state index contributed by atoms with van der Waals surface area (Å²) < 4.78 is 4.77. The minimum absolute atomic E-state index is 0. The number of carboxylic acid groups (broad SMARTS) is 1. The second-order valence-corrected chi connectivity index (χ2v) is 8.35. The molecular formula is C25H34N7O8Tc-. The molecule has 0 aliphatic carbocycles. The maximum absolute atomic E-state index is 12.3. The van der Waals surface area contributed by atoms with Crippen LogP contribution in [0.2, 0.25) is 0 Å². The SMILES string of the molecule is C=C(NCCCC(NC(=O)c1ccc(N=[N-])nc1)C(=O)OC)c1cccnc1.O=C(O)CNC(CO)(CO)CO.[Tc]. The Kier molecular flexibility index (Phi) is 18.4. The second-order valence-electron chi connectivity index (χ2n) is 8.35. The van der Waals surface area contributed by atoms with Crippen molar-refractivity contribution in [3.8, 4) is 0 Å². The fraction of sp³-hybridized carbons (Fsp3) is 0.400. The minimum atomic E-state index is -1.31. The molecule has 0 aromatic carbocycles. The van der Waals surface area contributed by atoms with Gasteiger partial charge >= 0.3 is 11.9 Å². The van der Waals surface area contributed by atoms with Gasteiger partial charge in [0.05, 0.1) is 44.6 Å². The number of carbonyl (C=O) groups is 3. The van der Waals surface area contributed by atoms with Crippen LogP contribution in [0.1, 0.15) is 28.8 Å². The van der Waals surface area contributed by atoms with E-state index in [9.17, 15) is 14.4 Å². The van der Waals surface area contributed by atoms with Gasteiger partial charge in [-0.2, -0.15) is 0 Å². The van der Waals surface area contributed by atoms with Crippen LogP contribution in [-0.4, -0.2) is 99.8 Å². The number of nitrogens with one attached hydrogen (secondary N) is 3. The molecule has 1 amide bonds. The summed E-state index contributed by atoms with van der Waals surface area (Å²) in [6.07, 6.45) is 5.62. The van der Waals surface area contributed by atoms with Gasteiger partial charge in [0.1, 0.15) is 11.9 Å². The number of methoxy groups -OCH3 is 1. The van der Waals surface area contributed by atoms with Gasteiger partial charge in [-0.25, -0.2) is 9.78 Å². The Bertz CT molecular complexity index is 1090. The molecule has 0 aliphatic heterocycles. The zero-order valence-electron chi connectivity index (χ0n) is 22.4. The zero-order chi connectivity index (χ0) is 30.0. The van der Waals surface area contributed by atoms with Crippen LogP contribution >= 0.6 is 0 Å². The first-order valence-corrected chi connectivity index (χ1v) is 12.0. The molecule has 2 rings (SSSR count). The number of nitrogens with zero attached hydrogens (tertiary/aromatic N) is 4. The van der Waals surface area contributed by atoms with Crippen molar-refractivity contribution in [2.45, 2.75) is 24.4 Å². The van der Waals surface area contributed by atoms with E-state index < -0.39 is 55.8 Å². The molecular weight excluding hydrogens is 624 g/mol. The minimum Gasteiger partial charge on any atom is -0.705 e. The molecule has 7 N–H and O–H groups in total. The topological polar surface area (TPSA) is 238 Å². The second kappa shape index (κ2) is 20.3. The Hall–Kier alpha value is -3.66. The van der Waals surface area contributed by atoms with Crippen LogP contribution in [0, 0.1) is 0 Å². The number of carboxylic acids is 1. The molecule has 0 saturated carbocycles. The van der Waals surface area contributed by atoms with E-state index >= 15 is 0 Å². The van der Waals surface area contributed by atoms with Crippen molar-refractivity contribution in [2.24, 2.45) is 5.11 Å². The summed E-state index contributed by atoms with van der Waals surface area (Å²) >= 11 is 0. The van der Waals surface area contributed by atoms with Gasteiger partial charge in [-0.05, 0) is 37.1 Å².